The van der Waals surface area contributed by atoms with Crippen molar-refractivity contribution >= 4 is 11.9 Å². The highest BCUT2D eigenvalue weighted by atomic mass is 16.4. The molecule has 2 rings (SSSR count). The van der Waals surface area contributed by atoms with Crippen molar-refractivity contribution in [1.82, 2.24) is 10.2 Å². The maximum absolute atomic E-state index is 12.0. The predicted molar refractivity (Wildman–Crippen MR) is 81.0 cm³/mol. The number of hydrogen-bond donors (Lipinski definition) is 2. The molecule has 0 radical (unpaired) electrons. The smallest absolute Gasteiger partial charge is 0.306 e. The minimum atomic E-state index is -0.735. The van der Waals surface area contributed by atoms with Crippen LogP contribution in [0.1, 0.15) is 44.9 Å². The van der Waals surface area contributed by atoms with Crippen molar-refractivity contribution in [3.05, 3.63) is 11.6 Å². The van der Waals surface area contributed by atoms with Gasteiger partial charge in [0.15, 0.2) is 0 Å². The van der Waals surface area contributed by atoms with E-state index in [-0.39, 0.29) is 11.8 Å². The number of hydrogen-bond acceptors (Lipinski definition) is 3. The van der Waals surface area contributed by atoms with Gasteiger partial charge in [0.05, 0.1) is 12.5 Å². The molecule has 0 aromatic carbocycles. The molecule has 1 aliphatic carbocycles. The normalized spacial score (nSPS) is 20.2. The second-order valence-corrected chi connectivity index (χ2v) is 6.03. The maximum Gasteiger partial charge on any atom is 0.306 e. The Morgan fingerprint density at radius 3 is 2.67 bits per heavy atom. The van der Waals surface area contributed by atoms with Crippen LogP contribution in [0.25, 0.3) is 0 Å². The van der Waals surface area contributed by atoms with Crippen LogP contribution < -0.4 is 5.32 Å². The number of carbonyl (C=O) groups excluding carboxylic acids is 1. The minimum Gasteiger partial charge on any atom is -0.481 e. The molecular formula is C16H26N2O3. The van der Waals surface area contributed by atoms with Crippen LogP contribution in [0.3, 0.4) is 0 Å². The lowest BCUT2D eigenvalue weighted by Gasteiger charge is -2.30. The summed E-state index contributed by atoms with van der Waals surface area (Å²) >= 11 is 0. The van der Waals surface area contributed by atoms with E-state index in [1.807, 2.05) is 0 Å². The average Bonchev–Trinajstić information content (AvgIpc) is 2.52. The van der Waals surface area contributed by atoms with Crippen LogP contribution in [0.5, 0.6) is 0 Å². The summed E-state index contributed by atoms with van der Waals surface area (Å²) in [6.07, 6.45) is 9.54. The molecule has 0 unspecified atom stereocenters. The molecule has 0 aromatic heterocycles. The van der Waals surface area contributed by atoms with Crippen LogP contribution in [-0.4, -0.2) is 48.1 Å². The molecule has 0 spiro atoms. The lowest BCUT2D eigenvalue weighted by molar-refractivity contribution is -0.145. The summed E-state index contributed by atoms with van der Waals surface area (Å²) in [6.45, 7) is 2.36. The summed E-state index contributed by atoms with van der Waals surface area (Å²) in [4.78, 5) is 24.7. The van der Waals surface area contributed by atoms with Gasteiger partial charge in [-0.05, 0) is 51.5 Å². The second kappa shape index (κ2) is 8.17. The number of carboxylic acid groups (broad SMARTS) is 1. The molecule has 5 heteroatoms. The van der Waals surface area contributed by atoms with Gasteiger partial charge in [-0.25, -0.2) is 0 Å². The summed E-state index contributed by atoms with van der Waals surface area (Å²) < 4.78 is 0. The number of rotatable bonds is 6. The Hall–Kier alpha value is -1.36. The summed E-state index contributed by atoms with van der Waals surface area (Å²) in [7, 11) is 0. The van der Waals surface area contributed by atoms with Crippen LogP contribution in [0.2, 0.25) is 0 Å². The number of amides is 1. The van der Waals surface area contributed by atoms with Gasteiger partial charge in [-0.15, -0.1) is 0 Å². The third-order valence-corrected chi connectivity index (χ3v) is 4.48. The molecule has 1 heterocycles. The first-order valence-corrected chi connectivity index (χ1v) is 8.06. The first kappa shape index (κ1) is 16.0. The van der Waals surface area contributed by atoms with Gasteiger partial charge >= 0.3 is 5.97 Å². The zero-order valence-corrected chi connectivity index (χ0v) is 12.6. The van der Waals surface area contributed by atoms with E-state index in [1.54, 1.807) is 4.90 Å². The molecular weight excluding hydrogens is 268 g/mol. The van der Waals surface area contributed by atoms with Crippen molar-refractivity contribution in [2.24, 2.45) is 5.92 Å². The van der Waals surface area contributed by atoms with Gasteiger partial charge in [0, 0.05) is 13.1 Å². The van der Waals surface area contributed by atoms with Crippen molar-refractivity contribution in [2.75, 3.05) is 26.2 Å². The van der Waals surface area contributed by atoms with Gasteiger partial charge in [-0.1, -0.05) is 11.6 Å². The second-order valence-electron chi connectivity index (χ2n) is 6.03. The molecule has 21 heavy (non-hydrogen) atoms. The van der Waals surface area contributed by atoms with Gasteiger partial charge in [0.1, 0.15) is 0 Å². The lowest BCUT2D eigenvalue weighted by Crippen LogP contribution is -2.44. The number of aliphatic carboxylic acids is 1. The fourth-order valence-corrected chi connectivity index (χ4v) is 3.06. The molecule has 1 fully saturated rings. The van der Waals surface area contributed by atoms with Gasteiger partial charge < -0.3 is 15.3 Å². The third kappa shape index (κ3) is 5.16. The van der Waals surface area contributed by atoms with E-state index in [9.17, 15) is 9.59 Å². The fourth-order valence-electron chi connectivity index (χ4n) is 3.06. The fraction of sp³-hybridized carbons (Fsp3) is 0.750. The van der Waals surface area contributed by atoms with E-state index < -0.39 is 5.97 Å². The summed E-state index contributed by atoms with van der Waals surface area (Å²) in [5.41, 5.74) is 1.52. The number of likely N-dealkylation sites (tertiary alicyclic amines) is 1. The molecule has 2 N–H and O–H groups in total. The third-order valence-electron chi connectivity index (χ3n) is 4.48. The van der Waals surface area contributed by atoms with E-state index in [1.165, 1.54) is 31.3 Å². The largest absolute Gasteiger partial charge is 0.481 e. The zero-order valence-electron chi connectivity index (χ0n) is 12.6. The standard InChI is InChI=1S/C16H26N2O3/c19-15(18-10-7-14(8-11-18)16(20)21)12-17-9-6-13-4-2-1-3-5-13/h4,14,17H,1-3,5-12H2,(H,20,21). The highest BCUT2D eigenvalue weighted by Gasteiger charge is 2.26. The van der Waals surface area contributed by atoms with Crippen molar-refractivity contribution in [3.8, 4) is 0 Å². The first-order valence-electron chi connectivity index (χ1n) is 8.06. The molecule has 1 amide bonds. The molecule has 0 aromatic rings. The molecule has 118 valence electrons. The number of allylic oxidation sites excluding steroid dienone is 1. The number of nitrogens with one attached hydrogen (secondary N) is 1. The molecule has 2 aliphatic rings. The average molecular weight is 294 g/mol. The zero-order chi connectivity index (χ0) is 15.1. The van der Waals surface area contributed by atoms with Crippen molar-refractivity contribution in [2.45, 2.75) is 44.9 Å². The van der Waals surface area contributed by atoms with Crippen LogP contribution in [0.15, 0.2) is 11.6 Å². The Morgan fingerprint density at radius 2 is 2.05 bits per heavy atom. The van der Waals surface area contributed by atoms with Gasteiger partial charge in [-0.2, -0.15) is 0 Å². The Balaban J connectivity index is 1.59. The van der Waals surface area contributed by atoms with E-state index in [0.717, 1.165) is 13.0 Å². The molecule has 5 nitrogen and oxygen atoms in total. The van der Waals surface area contributed by atoms with Crippen molar-refractivity contribution in [1.29, 1.82) is 0 Å². The number of carbonyl (C=O) groups is 2. The van der Waals surface area contributed by atoms with Crippen molar-refractivity contribution < 1.29 is 14.7 Å². The van der Waals surface area contributed by atoms with Crippen molar-refractivity contribution in [3.63, 3.8) is 0 Å². The van der Waals surface area contributed by atoms with Crippen LogP contribution in [-0.2, 0) is 9.59 Å². The number of piperidine rings is 1. The Kier molecular flexibility index (Phi) is 6.23. The van der Waals surface area contributed by atoms with E-state index in [4.69, 9.17) is 5.11 Å². The Morgan fingerprint density at radius 1 is 1.29 bits per heavy atom. The van der Waals surface area contributed by atoms with Gasteiger partial charge in [0.25, 0.3) is 0 Å². The summed E-state index contributed by atoms with van der Waals surface area (Å²) in [5.74, 6) is -0.919. The summed E-state index contributed by atoms with van der Waals surface area (Å²) in [6, 6.07) is 0. The monoisotopic (exact) mass is 294 g/mol. The maximum atomic E-state index is 12.0. The van der Waals surface area contributed by atoms with E-state index >= 15 is 0 Å². The number of nitrogens with zero attached hydrogens (tertiary/aromatic N) is 1. The molecule has 0 atom stereocenters. The first-order chi connectivity index (χ1) is 10.2. The minimum absolute atomic E-state index is 0.0939. The topological polar surface area (TPSA) is 69.6 Å². The van der Waals surface area contributed by atoms with Crippen LogP contribution in [0, 0.1) is 5.92 Å². The molecule has 1 saturated heterocycles. The molecule has 1 aliphatic heterocycles. The van der Waals surface area contributed by atoms with Gasteiger partial charge in [0.2, 0.25) is 5.91 Å². The lowest BCUT2D eigenvalue weighted by atomic mass is 9.97. The SMILES string of the molecule is O=C(O)C1CCN(C(=O)CNCCC2=CCCCC2)CC1. The molecule has 0 bridgehead atoms. The predicted octanol–water partition coefficient (Wildman–Crippen LogP) is 1.79. The van der Waals surface area contributed by atoms with E-state index in [2.05, 4.69) is 11.4 Å². The summed E-state index contributed by atoms with van der Waals surface area (Å²) in [5, 5.41) is 12.2. The highest BCUT2D eigenvalue weighted by Crippen LogP contribution is 2.19. The molecule has 0 saturated carbocycles. The van der Waals surface area contributed by atoms with Crippen LogP contribution >= 0.6 is 0 Å². The number of carboxylic acids is 1. The Labute approximate surface area is 126 Å². The highest BCUT2D eigenvalue weighted by molar-refractivity contribution is 5.78. The van der Waals surface area contributed by atoms with Crippen LogP contribution in [0.4, 0.5) is 0 Å². The Bertz CT molecular complexity index is 398. The quantitative estimate of drug-likeness (QED) is 0.579. The van der Waals surface area contributed by atoms with Gasteiger partial charge in [-0.3, -0.25) is 9.59 Å². The van der Waals surface area contributed by atoms with E-state index in [0.29, 0.717) is 32.5 Å².